The topological polar surface area (TPSA) is 37.4 Å². The van der Waals surface area contributed by atoms with Gasteiger partial charge < -0.3 is 9.69 Å². The Kier molecular flexibility index (Phi) is 3.59. The van der Waals surface area contributed by atoms with Crippen LogP contribution in [-0.2, 0) is 11.0 Å². The maximum Gasteiger partial charge on any atom is 0.416 e. The molecule has 0 radical (unpaired) electrons. The van der Waals surface area contributed by atoms with Crippen LogP contribution in [0.1, 0.15) is 28.8 Å². The lowest BCUT2D eigenvalue weighted by atomic mass is 10.1. The predicted octanol–water partition coefficient (Wildman–Crippen LogP) is 2.51. The first-order chi connectivity index (χ1) is 8.93. The Bertz CT molecular complexity index is 482. The molecule has 1 aromatic rings. The summed E-state index contributed by atoms with van der Waals surface area (Å²) in [6.45, 7) is 0.462. The number of hydrogen-bond donors (Lipinski definition) is 0. The Balaban J connectivity index is 2.18. The number of likely N-dealkylation sites (tertiary alicyclic amines) is 1. The number of benzene rings is 1. The van der Waals surface area contributed by atoms with Gasteiger partial charge in [-0.25, -0.2) is 0 Å². The van der Waals surface area contributed by atoms with Crippen LogP contribution in [0, 0.1) is 0 Å². The fraction of sp³-hybridized carbons (Fsp3) is 0.385. The number of aldehydes is 1. The molecular formula is C13H12F3NO2. The Morgan fingerprint density at radius 1 is 1.26 bits per heavy atom. The van der Waals surface area contributed by atoms with E-state index in [1.165, 1.54) is 4.90 Å². The van der Waals surface area contributed by atoms with Crippen LogP contribution in [-0.4, -0.2) is 29.7 Å². The van der Waals surface area contributed by atoms with Gasteiger partial charge in [0.1, 0.15) is 6.29 Å². The summed E-state index contributed by atoms with van der Waals surface area (Å²) < 4.78 is 37.2. The number of rotatable bonds is 2. The van der Waals surface area contributed by atoms with Crippen molar-refractivity contribution in [3.05, 3.63) is 35.4 Å². The molecular weight excluding hydrogens is 259 g/mol. The third-order valence-corrected chi connectivity index (χ3v) is 3.18. The minimum Gasteiger partial charge on any atom is -0.329 e. The number of hydrogen-bond acceptors (Lipinski definition) is 2. The third-order valence-electron chi connectivity index (χ3n) is 3.18. The van der Waals surface area contributed by atoms with Crippen molar-refractivity contribution in [2.45, 2.75) is 25.1 Å². The van der Waals surface area contributed by atoms with Crippen molar-refractivity contribution in [3.8, 4) is 0 Å². The molecule has 1 aliphatic heterocycles. The van der Waals surface area contributed by atoms with E-state index in [4.69, 9.17) is 0 Å². The molecule has 1 saturated heterocycles. The first-order valence-corrected chi connectivity index (χ1v) is 5.87. The second-order valence-electron chi connectivity index (χ2n) is 4.42. The molecule has 19 heavy (non-hydrogen) atoms. The highest BCUT2D eigenvalue weighted by Crippen LogP contribution is 2.29. The van der Waals surface area contributed by atoms with Gasteiger partial charge in [-0.2, -0.15) is 13.2 Å². The quantitative estimate of drug-likeness (QED) is 0.775. The minimum atomic E-state index is -4.42. The molecule has 102 valence electrons. The van der Waals surface area contributed by atoms with E-state index in [0.29, 0.717) is 19.3 Å². The van der Waals surface area contributed by atoms with E-state index in [0.717, 1.165) is 30.7 Å². The molecule has 1 aromatic carbocycles. The molecule has 1 aliphatic rings. The molecule has 6 heteroatoms. The Morgan fingerprint density at radius 3 is 2.42 bits per heavy atom. The van der Waals surface area contributed by atoms with Gasteiger partial charge in [-0.15, -0.1) is 0 Å². The summed E-state index contributed by atoms with van der Waals surface area (Å²) in [7, 11) is 0. The van der Waals surface area contributed by atoms with Gasteiger partial charge in [0, 0.05) is 12.1 Å². The second-order valence-corrected chi connectivity index (χ2v) is 4.42. The highest BCUT2D eigenvalue weighted by Gasteiger charge is 2.32. The predicted molar refractivity (Wildman–Crippen MR) is 61.6 cm³/mol. The third kappa shape index (κ3) is 2.77. The zero-order valence-corrected chi connectivity index (χ0v) is 9.98. The summed E-state index contributed by atoms with van der Waals surface area (Å²) in [5.41, 5.74) is -0.626. The molecule has 0 saturated carbocycles. The number of nitrogens with zero attached hydrogens (tertiary/aromatic N) is 1. The lowest BCUT2D eigenvalue weighted by Gasteiger charge is -2.20. The summed E-state index contributed by atoms with van der Waals surface area (Å²) in [5, 5.41) is 0. The Labute approximate surface area is 108 Å². The maximum atomic E-state index is 12.4. The van der Waals surface area contributed by atoms with E-state index in [-0.39, 0.29) is 5.56 Å². The zero-order chi connectivity index (χ0) is 14.0. The van der Waals surface area contributed by atoms with Crippen LogP contribution in [0.2, 0.25) is 0 Å². The van der Waals surface area contributed by atoms with E-state index in [2.05, 4.69) is 0 Å². The number of alkyl halides is 3. The van der Waals surface area contributed by atoms with Gasteiger partial charge >= 0.3 is 6.18 Å². The summed E-state index contributed by atoms with van der Waals surface area (Å²) in [5.74, 6) is -0.400. The molecule has 0 spiro atoms. The van der Waals surface area contributed by atoms with Crippen LogP contribution < -0.4 is 0 Å². The Hall–Kier alpha value is -1.85. The second kappa shape index (κ2) is 5.03. The van der Waals surface area contributed by atoms with Crippen LogP contribution >= 0.6 is 0 Å². The summed E-state index contributed by atoms with van der Waals surface area (Å²) in [4.78, 5) is 24.3. The molecule has 0 aromatic heterocycles. The van der Waals surface area contributed by atoms with Gasteiger partial charge in [-0.1, -0.05) is 0 Å². The SMILES string of the molecule is O=CC1CCCN1C(=O)c1ccc(C(F)(F)F)cc1. The van der Waals surface area contributed by atoms with Crippen LogP contribution in [0.3, 0.4) is 0 Å². The summed E-state index contributed by atoms with van der Waals surface area (Å²) >= 11 is 0. The van der Waals surface area contributed by atoms with E-state index < -0.39 is 23.7 Å². The van der Waals surface area contributed by atoms with E-state index >= 15 is 0 Å². The van der Waals surface area contributed by atoms with Crippen LogP contribution in [0.4, 0.5) is 13.2 Å². The van der Waals surface area contributed by atoms with Crippen molar-refractivity contribution in [1.29, 1.82) is 0 Å². The molecule has 1 heterocycles. The van der Waals surface area contributed by atoms with Gasteiger partial charge in [-0.3, -0.25) is 4.79 Å². The minimum absolute atomic E-state index is 0.168. The zero-order valence-electron chi connectivity index (χ0n) is 9.98. The molecule has 3 nitrogen and oxygen atoms in total. The monoisotopic (exact) mass is 271 g/mol. The lowest BCUT2D eigenvalue weighted by molar-refractivity contribution is -0.137. The number of carbonyl (C=O) groups excluding carboxylic acids is 2. The van der Waals surface area contributed by atoms with Gasteiger partial charge in [0.25, 0.3) is 5.91 Å². The maximum absolute atomic E-state index is 12.4. The van der Waals surface area contributed by atoms with Crippen molar-refractivity contribution in [3.63, 3.8) is 0 Å². The van der Waals surface area contributed by atoms with Crippen molar-refractivity contribution in [1.82, 2.24) is 4.90 Å². The van der Waals surface area contributed by atoms with Crippen LogP contribution in [0.5, 0.6) is 0 Å². The molecule has 0 bridgehead atoms. The van der Waals surface area contributed by atoms with Gasteiger partial charge in [0.15, 0.2) is 0 Å². The highest BCUT2D eigenvalue weighted by atomic mass is 19.4. The van der Waals surface area contributed by atoms with Gasteiger partial charge in [0.05, 0.1) is 11.6 Å². The van der Waals surface area contributed by atoms with E-state index in [1.54, 1.807) is 0 Å². The first-order valence-electron chi connectivity index (χ1n) is 5.87. The molecule has 0 N–H and O–H groups in total. The van der Waals surface area contributed by atoms with Crippen molar-refractivity contribution in [2.24, 2.45) is 0 Å². The highest BCUT2D eigenvalue weighted by molar-refractivity contribution is 5.96. The standard InChI is InChI=1S/C13H12F3NO2/c14-13(15,16)10-5-3-9(4-6-10)12(19)17-7-1-2-11(17)8-18/h3-6,8,11H,1-2,7H2. The van der Waals surface area contributed by atoms with E-state index in [9.17, 15) is 22.8 Å². The van der Waals surface area contributed by atoms with Gasteiger partial charge in [-0.05, 0) is 37.1 Å². The fourth-order valence-electron chi connectivity index (χ4n) is 2.15. The number of amides is 1. The van der Waals surface area contributed by atoms with E-state index in [1.807, 2.05) is 0 Å². The van der Waals surface area contributed by atoms with Crippen molar-refractivity contribution < 1.29 is 22.8 Å². The molecule has 2 rings (SSSR count). The largest absolute Gasteiger partial charge is 0.416 e. The summed E-state index contributed by atoms with van der Waals surface area (Å²) in [6.07, 6.45) is -2.37. The number of carbonyl (C=O) groups is 2. The van der Waals surface area contributed by atoms with Gasteiger partial charge in [0.2, 0.25) is 0 Å². The molecule has 1 amide bonds. The Morgan fingerprint density at radius 2 is 1.89 bits per heavy atom. The lowest BCUT2D eigenvalue weighted by Crippen LogP contribution is -2.36. The molecule has 1 fully saturated rings. The van der Waals surface area contributed by atoms with Crippen LogP contribution in [0.25, 0.3) is 0 Å². The molecule has 1 unspecified atom stereocenters. The normalized spacial score (nSPS) is 19.5. The van der Waals surface area contributed by atoms with Crippen molar-refractivity contribution >= 4 is 12.2 Å². The average molecular weight is 271 g/mol. The smallest absolute Gasteiger partial charge is 0.329 e. The van der Waals surface area contributed by atoms with Crippen molar-refractivity contribution in [2.75, 3.05) is 6.54 Å². The summed E-state index contributed by atoms with van der Waals surface area (Å²) in [6, 6.07) is 3.57. The first kappa shape index (κ1) is 13.6. The van der Waals surface area contributed by atoms with Crippen LogP contribution in [0.15, 0.2) is 24.3 Å². The molecule has 1 atom stereocenters. The average Bonchev–Trinajstić information content (AvgIpc) is 2.85. The number of halogens is 3. The molecule has 0 aliphatic carbocycles. The fourth-order valence-corrected chi connectivity index (χ4v) is 2.15.